The zero-order valence-electron chi connectivity index (χ0n) is 8.88. The van der Waals surface area contributed by atoms with Crippen LogP contribution in [0.25, 0.3) is 0 Å². The van der Waals surface area contributed by atoms with Crippen molar-refractivity contribution < 1.29 is 18.3 Å². The minimum Gasteiger partial charge on any atom is -0.370 e. The van der Waals surface area contributed by atoms with Gasteiger partial charge in [0.1, 0.15) is 18.2 Å². The van der Waals surface area contributed by atoms with E-state index in [2.05, 4.69) is 15.9 Å². The lowest BCUT2D eigenvalue weighted by Gasteiger charge is -2.27. The average Bonchev–Trinajstić information content (AvgIpc) is 2.25. The van der Waals surface area contributed by atoms with Crippen molar-refractivity contribution in [2.24, 2.45) is 0 Å². The molecule has 1 aliphatic rings. The lowest BCUT2D eigenvalue weighted by atomic mass is 10.2. The second-order valence-electron chi connectivity index (χ2n) is 3.72. The number of ether oxygens (including phenoxy) is 1. The minimum absolute atomic E-state index is 0.0280. The van der Waals surface area contributed by atoms with Crippen LogP contribution < -0.4 is 0 Å². The SMILES string of the molecule is O=C1COCCN1Cc1c(F)cc(Br)cc1F. The summed E-state index contributed by atoms with van der Waals surface area (Å²) in [5, 5.41) is 0. The van der Waals surface area contributed by atoms with E-state index >= 15 is 0 Å². The number of hydrogen-bond donors (Lipinski definition) is 0. The third kappa shape index (κ3) is 2.81. The Hall–Kier alpha value is -1.01. The van der Waals surface area contributed by atoms with E-state index in [0.717, 1.165) is 0 Å². The molecular formula is C11H10BrF2NO2. The maximum absolute atomic E-state index is 13.6. The fourth-order valence-corrected chi connectivity index (χ4v) is 2.03. The number of amides is 1. The van der Waals surface area contributed by atoms with Gasteiger partial charge in [-0.05, 0) is 12.1 Å². The summed E-state index contributed by atoms with van der Waals surface area (Å²) in [6.45, 7) is 0.659. The highest BCUT2D eigenvalue weighted by Crippen LogP contribution is 2.21. The highest BCUT2D eigenvalue weighted by molar-refractivity contribution is 9.10. The van der Waals surface area contributed by atoms with E-state index < -0.39 is 11.6 Å². The van der Waals surface area contributed by atoms with Gasteiger partial charge in [-0.1, -0.05) is 15.9 Å². The monoisotopic (exact) mass is 305 g/mol. The van der Waals surface area contributed by atoms with Crippen molar-refractivity contribution in [2.75, 3.05) is 19.8 Å². The molecule has 0 aromatic heterocycles. The topological polar surface area (TPSA) is 29.5 Å². The predicted molar refractivity (Wildman–Crippen MR) is 60.3 cm³/mol. The van der Waals surface area contributed by atoms with Crippen LogP contribution in [0.2, 0.25) is 0 Å². The van der Waals surface area contributed by atoms with Crippen molar-refractivity contribution in [3.8, 4) is 0 Å². The van der Waals surface area contributed by atoms with E-state index in [1.165, 1.54) is 17.0 Å². The lowest BCUT2D eigenvalue weighted by Crippen LogP contribution is -2.41. The van der Waals surface area contributed by atoms with Crippen molar-refractivity contribution in [1.29, 1.82) is 0 Å². The molecule has 1 aromatic rings. The quantitative estimate of drug-likeness (QED) is 0.837. The molecule has 0 unspecified atom stereocenters. The summed E-state index contributed by atoms with van der Waals surface area (Å²) >= 11 is 3.00. The molecule has 0 aliphatic carbocycles. The van der Waals surface area contributed by atoms with Gasteiger partial charge in [0.05, 0.1) is 13.2 Å². The zero-order valence-corrected chi connectivity index (χ0v) is 10.5. The molecule has 0 N–H and O–H groups in total. The molecule has 17 heavy (non-hydrogen) atoms. The van der Waals surface area contributed by atoms with Crippen LogP contribution in [0.3, 0.4) is 0 Å². The Balaban J connectivity index is 2.20. The minimum atomic E-state index is -0.656. The Morgan fingerprint density at radius 1 is 1.35 bits per heavy atom. The van der Waals surface area contributed by atoms with Crippen molar-refractivity contribution in [1.82, 2.24) is 4.90 Å². The second kappa shape index (κ2) is 5.10. The summed E-state index contributed by atoms with van der Waals surface area (Å²) in [4.78, 5) is 12.8. The van der Waals surface area contributed by atoms with Crippen LogP contribution >= 0.6 is 15.9 Å². The molecule has 1 aliphatic heterocycles. The normalized spacial score (nSPS) is 16.4. The van der Waals surface area contributed by atoms with Gasteiger partial charge in [-0.2, -0.15) is 0 Å². The summed E-state index contributed by atoms with van der Waals surface area (Å²) in [5.41, 5.74) is -0.0940. The van der Waals surface area contributed by atoms with Crippen LogP contribution in [0.15, 0.2) is 16.6 Å². The number of benzene rings is 1. The molecule has 0 bridgehead atoms. The first-order valence-electron chi connectivity index (χ1n) is 5.07. The fraction of sp³-hybridized carbons (Fsp3) is 0.364. The maximum atomic E-state index is 13.6. The average molecular weight is 306 g/mol. The lowest BCUT2D eigenvalue weighted by molar-refractivity contribution is -0.143. The largest absolute Gasteiger partial charge is 0.370 e. The highest BCUT2D eigenvalue weighted by atomic mass is 79.9. The van der Waals surface area contributed by atoms with Gasteiger partial charge in [0.25, 0.3) is 0 Å². The Morgan fingerprint density at radius 2 is 2.00 bits per heavy atom. The van der Waals surface area contributed by atoms with Gasteiger partial charge in [-0.15, -0.1) is 0 Å². The van der Waals surface area contributed by atoms with Gasteiger partial charge in [0.2, 0.25) is 5.91 Å². The van der Waals surface area contributed by atoms with Crippen LogP contribution in [-0.4, -0.2) is 30.6 Å². The molecule has 1 aromatic carbocycles. The smallest absolute Gasteiger partial charge is 0.248 e. The molecular weight excluding hydrogens is 296 g/mol. The number of carbonyl (C=O) groups excluding carboxylic acids is 1. The Bertz CT molecular complexity index is 430. The van der Waals surface area contributed by atoms with Crippen LogP contribution in [0, 0.1) is 11.6 Å². The summed E-state index contributed by atoms with van der Waals surface area (Å²) in [6.07, 6.45) is 0. The number of rotatable bonds is 2. The van der Waals surface area contributed by atoms with Crippen molar-refractivity contribution in [2.45, 2.75) is 6.54 Å². The summed E-state index contributed by atoms with van der Waals surface area (Å²) < 4.78 is 32.4. The van der Waals surface area contributed by atoms with E-state index in [1.807, 2.05) is 0 Å². The Morgan fingerprint density at radius 3 is 2.59 bits per heavy atom. The Kier molecular flexibility index (Phi) is 3.73. The number of nitrogens with zero attached hydrogens (tertiary/aromatic N) is 1. The predicted octanol–water partition coefficient (Wildman–Crippen LogP) is 2.09. The standard InChI is InChI=1S/C11H10BrF2NO2/c12-7-3-9(13)8(10(14)4-7)5-15-1-2-17-6-11(15)16/h3-4H,1-2,5-6H2. The van der Waals surface area contributed by atoms with Crippen molar-refractivity contribution >= 4 is 21.8 Å². The van der Waals surface area contributed by atoms with E-state index in [0.29, 0.717) is 17.6 Å². The summed E-state index contributed by atoms with van der Waals surface area (Å²) in [7, 11) is 0. The second-order valence-corrected chi connectivity index (χ2v) is 4.63. The number of morpholine rings is 1. The first-order chi connectivity index (χ1) is 8.08. The first kappa shape index (κ1) is 12.4. The number of halogens is 3. The molecule has 6 heteroatoms. The molecule has 92 valence electrons. The van der Waals surface area contributed by atoms with Gasteiger partial charge < -0.3 is 9.64 Å². The summed E-state index contributed by atoms with van der Waals surface area (Å²) in [5.74, 6) is -1.56. The molecule has 0 spiro atoms. The Labute approximate surface area is 105 Å². The molecule has 1 fully saturated rings. The van der Waals surface area contributed by atoms with Crippen molar-refractivity contribution in [3.05, 3.63) is 33.8 Å². The zero-order chi connectivity index (χ0) is 12.4. The number of hydrogen-bond acceptors (Lipinski definition) is 2. The van der Waals surface area contributed by atoms with Crippen molar-refractivity contribution in [3.63, 3.8) is 0 Å². The van der Waals surface area contributed by atoms with Crippen LogP contribution in [0.1, 0.15) is 5.56 Å². The van der Waals surface area contributed by atoms with E-state index in [-0.39, 0.29) is 24.6 Å². The van der Waals surface area contributed by atoms with Gasteiger partial charge in [-0.3, -0.25) is 4.79 Å². The van der Waals surface area contributed by atoms with Crippen LogP contribution in [0.4, 0.5) is 8.78 Å². The highest BCUT2D eigenvalue weighted by Gasteiger charge is 2.21. The first-order valence-corrected chi connectivity index (χ1v) is 5.86. The van der Waals surface area contributed by atoms with Gasteiger partial charge >= 0.3 is 0 Å². The molecule has 0 saturated carbocycles. The van der Waals surface area contributed by atoms with Crippen LogP contribution in [-0.2, 0) is 16.1 Å². The van der Waals surface area contributed by atoms with E-state index in [9.17, 15) is 13.6 Å². The summed E-state index contributed by atoms with van der Waals surface area (Å²) in [6, 6.07) is 2.37. The molecule has 3 nitrogen and oxygen atoms in total. The third-order valence-corrected chi connectivity index (χ3v) is 3.00. The van der Waals surface area contributed by atoms with Gasteiger partial charge in [0.15, 0.2) is 0 Å². The van der Waals surface area contributed by atoms with E-state index in [1.54, 1.807) is 0 Å². The van der Waals surface area contributed by atoms with Gasteiger partial charge in [0, 0.05) is 16.6 Å². The fourth-order valence-electron chi connectivity index (χ4n) is 1.63. The van der Waals surface area contributed by atoms with E-state index in [4.69, 9.17) is 4.74 Å². The van der Waals surface area contributed by atoms with Gasteiger partial charge in [-0.25, -0.2) is 8.78 Å². The molecule has 0 radical (unpaired) electrons. The third-order valence-electron chi connectivity index (χ3n) is 2.54. The number of carbonyl (C=O) groups is 1. The molecule has 1 saturated heterocycles. The molecule has 0 atom stereocenters. The van der Waals surface area contributed by atoms with Crippen LogP contribution in [0.5, 0.6) is 0 Å². The molecule has 2 rings (SSSR count). The molecule has 1 heterocycles. The molecule has 1 amide bonds. The maximum Gasteiger partial charge on any atom is 0.248 e.